The fourth-order valence-corrected chi connectivity index (χ4v) is 2.04. The second-order valence-corrected chi connectivity index (χ2v) is 4.23. The predicted octanol–water partition coefficient (Wildman–Crippen LogP) is 1.54. The molecule has 0 aliphatic rings. The molecule has 1 aromatic heterocycles. The molecule has 90 valence electrons. The first-order valence-electron chi connectivity index (χ1n) is 5.54. The lowest BCUT2D eigenvalue weighted by Gasteiger charge is -2.12. The van der Waals surface area contributed by atoms with E-state index in [1.165, 1.54) is 4.57 Å². The van der Waals surface area contributed by atoms with Crippen LogP contribution >= 0.6 is 0 Å². The van der Waals surface area contributed by atoms with Crippen LogP contribution < -0.4 is 5.69 Å². The minimum absolute atomic E-state index is 0.101. The molecule has 0 aliphatic carbocycles. The van der Waals surface area contributed by atoms with Crippen LogP contribution in [0.3, 0.4) is 0 Å². The average Bonchev–Trinajstić information content (AvgIpc) is 2.53. The summed E-state index contributed by atoms with van der Waals surface area (Å²) in [5.74, 6) is 0. The largest absolute Gasteiger partial charge is 0.389 e. The Morgan fingerprint density at radius 3 is 2.47 bits per heavy atom. The normalized spacial score (nSPS) is 12.7. The molecule has 0 fully saturated rings. The van der Waals surface area contributed by atoms with E-state index in [2.05, 4.69) is 0 Å². The average molecular weight is 232 g/mol. The summed E-state index contributed by atoms with van der Waals surface area (Å²) >= 11 is 0. The molecule has 4 heteroatoms. The van der Waals surface area contributed by atoms with Gasteiger partial charge in [-0.05, 0) is 19.9 Å². The van der Waals surface area contributed by atoms with E-state index in [-0.39, 0.29) is 5.69 Å². The maximum absolute atomic E-state index is 12.0. The predicted molar refractivity (Wildman–Crippen MR) is 66.4 cm³/mol. The molecule has 0 bridgehead atoms. The number of para-hydroxylation sites is 1. The van der Waals surface area contributed by atoms with Crippen LogP contribution in [-0.4, -0.2) is 14.2 Å². The third kappa shape index (κ3) is 1.91. The Bertz CT molecular complexity index is 594. The van der Waals surface area contributed by atoms with Crippen molar-refractivity contribution in [3.8, 4) is 5.69 Å². The third-order valence-corrected chi connectivity index (χ3v) is 2.85. The van der Waals surface area contributed by atoms with Crippen LogP contribution in [0.2, 0.25) is 0 Å². The first kappa shape index (κ1) is 11.7. The first-order chi connectivity index (χ1) is 8.02. The summed E-state index contributed by atoms with van der Waals surface area (Å²) in [5, 5.41) is 9.73. The van der Waals surface area contributed by atoms with E-state index >= 15 is 0 Å². The molecule has 0 aliphatic heterocycles. The summed E-state index contributed by atoms with van der Waals surface area (Å²) in [6, 6.07) is 7.39. The minimum atomic E-state index is -0.599. The monoisotopic (exact) mass is 232 g/mol. The van der Waals surface area contributed by atoms with E-state index in [0.717, 1.165) is 16.9 Å². The maximum Gasteiger partial charge on any atom is 0.332 e. The summed E-state index contributed by atoms with van der Waals surface area (Å²) < 4.78 is 3.15. The molecule has 2 rings (SSSR count). The zero-order valence-corrected chi connectivity index (χ0v) is 10.2. The van der Waals surface area contributed by atoms with Crippen LogP contribution in [0.1, 0.15) is 24.3 Å². The SMILES string of the molecule is Cc1cn(C)c(=O)n1-c1ccccc1C(C)O. The second-order valence-electron chi connectivity index (χ2n) is 4.23. The number of rotatable bonds is 2. The lowest BCUT2D eigenvalue weighted by Crippen LogP contribution is -2.22. The van der Waals surface area contributed by atoms with Crippen LogP contribution in [-0.2, 0) is 7.05 Å². The topological polar surface area (TPSA) is 47.2 Å². The molecular formula is C13H16N2O2. The van der Waals surface area contributed by atoms with E-state index in [4.69, 9.17) is 0 Å². The van der Waals surface area contributed by atoms with Gasteiger partial charge in [-0.15, -0.1) is 0 Å². The molecule has 0 radical (unpaired) electrons. The Balaban J connectivity index is 2.73. The van der Waals surface area contributed by atoms with Gasteiger partial charge in [0.15, 0.2) is 0 Å². The summed E-state index contributed by atoms with van der Waals surface area (Å²) in [5.41, 5.74) is 2.25. The van der Waals surface area contributed by atoms with Gasteiger partial charge in [0.05, 0.1) is 11.8 Å². The van der Waals surface area contributed by atoms with Crippen molar-refractivity contribution in [2.75, 3.05) is 0 Å². The molecule has 1 atom stereocenters. The zero-order chi connectivity index (χ0) is 12.6. The zero-order valence-electron chi connectivity index (χ0n) is 10.2. The standard InChI is InChI=1S/C13H16N2O2/c1-9-8-14(3)13(17)15(9)12-7-5-4-6-11(12)10(2)16/h4-8,10,16H,1-3H3. The van der Waals surface area contributed by atoms with Gasteiger partial charge in [-0.25, -0.2) is 4.79 Å². The van der Waals surface area contributed by atoms with Crippen LogP contribution in [0.5, 0.6) is 0 Å². The number of imidazole rings is 1. The van der Waals surface area contributed by atoms with Crippen LogP contribution in [0, 0.1) is 6.92 Å². The van der Waals surface area contributed by atoms with Crippen molar-refractivity contribution >= 4 is 0 Å². The highest BCUT2D eigenvalue weighted by Gasteiger charge is 2.13. The number of aliphatic hydroxyl groups excluding tert-OH is 1. The molecule has 1 N–H and O–H groups in total. The molecule has 0 spiro atoms. The summed E-state index contributed by atoms with van der Waals surface area (Å²) in [6.07, 6.45) is 1.18. The molecule has 4 nitrogen and oxygen atoms in total. The molecule has 2 aromatic rings. The Hall–Kier alpha value is -1.81. The van der Waals surface area contributed by atoms with Crippen molar-refractivity contribution in [1.82, 2.24) is 9.13 Å². The van der Waals surface area contributed by atoms with Gasteiger partial charge in [0, 0.05) is 24.5 Å². The van der Waals surface area contributed by atoms with Crippen LogP contribution in [0.4, 0.5) is 0 Å². The minimum Gasteiger partial charge on any atom is -0.389 e. The van der Waals surface area contributed by atoms with Crippen molar-refractivity contribution in [3.05, 3.63) is 52.2 Å². The van der Waals surface area contributed by atoms with Crippen molar-refractivity contribution < 1.29 is 5.11 Å². The highest BCUT2D eigenvalue weighted by Crippen LogP contribution is 2.21. The fourth-order valence-electron chi connectivity index (χ4n) is 2.04. The molecule has 0 amide bonds. The number of aliphatic hydroxyl groups is 1. The number of aryl methyl sites for hydroxylation is 2. The molecule has 17 heavy (non-hydrogen) atoms. The summed E-state index contributed by atoms with van der Waals surface area (Å²) in [4.78, 5) is 12.0. The fraction of sp³-hybridized carbons (Fsp3) is 0.308. The van der Waals surface area contributed by atoms with Gasteiger partial charge in [0.25, 0.3) is 0 Å². The van der Waals surface area contributed by atoms with Crippen molar-refractivity contribution in [2.24, 2.45) is 7.05 Å². The van der Waals surface area contributed by atoms with E-state index in [9.17, 15) is 9.90 Å². The Morgan fingerprint density at radius 2 is 1.94 bits per heavy atom. The van der Waals surface area contributed by atoms with E-state index in [1.807, 2.05) is 31.2 Å². The van der Waals surface area contributed by atoms with Crippen molar-refractivity contribution in [3.63, 3.8) is 0 Å². The number of nitrogens with zero attached hydrogens (tertiary/aromatic N) is 2. The van der Waals surface area contributed by atoms with Crippen LogP contribution in [0.25, 0.3) is 5.69 Å². The first-order valence-corrected chi connectivity index (χ1v) is 5.54. The lowest BCUT2D eigenvalue weighted by atomic mass is 10.1. The highest BCUT2D eigenvalue weighted by atomic mass is 16.3. The van der Waals surface area contributed by atoms with E-state index in [0.29, 0.717) is 0 Å². The van der Waals surface area contributed by atoms with Gasteiger partial charge >= 0.3 is 5.69 Å². The van der Waals surface area contributed by atoms with Crippen LogP contribution in [0.15, 0.2) is 35.3 Å². The second kappa shape index (κ2) is 4.22. The van der Waals surface area contributed by atoms with Gasteiger partial charge in [0.2, 0.25) is 0 Å². The summed E-state index contributed by atoms with van der Waals surface area (Å²) in [6.45, 7) is 3.57. The maximum atomic E-state index is 12.0. The molecule has 0 saturated carbocycles. The van der Waals surface area contributed by atoms with Gasteiger partial charge in [-0.3, -0.25) is 4.57 Å². The number of benzene rings is 1. The van der Waals surface area contributed by atoms with Gasteiger partial charge in [-0.2, -0.15) is 0 Å². The number of hydrogen-bond donors (Lipinski definition) is 1. The van der Waals surface area contributed by atoms with Gasteiger partial charge in [0.1, 0.15) is 0 Å². The molecule has 1 unspecified atom stereocenters. The van der Waals surface area contributed by atoms with Crippen molar-refractivity contribution in [2.45, 2.75) is 20.0 Å². The number of hydrogen-bond acceptors (Lipinski definition) is 2. The number of aromatic nitrogens is 2. The molecule has 1 heterocycles. The highest BCUT2D eigenvalue weighted by molar-refractivity contribution is 5.43. The van der Waals surface area contributed by atoms with Gasteiger partial charge in [-0.1, -0.05) is 18.2 Å². The smallest absolute Gasteiger partial charge is 0.332 e. The molecule has 1 aromatic carbocycles. The molecule has 0 saturated heterocycles. The van der Waals surface area contributed by atoms with Gasteiger partial charge < -0.3 is 9.67 Å². The summed E-state index contributed by atoms with van der Waals surface area (Å²) in [7, 11) is 1.72. The Kier molecular flexibility index (Phi) is 2.90. The van der Waals surface area contributed by atoms with E-state index < -0.39 is 6.10 Å². The third-order valence-electron chi connectivity index (χ3n) is 2.85. The lowest BCUT2D eigenvalue weighted by molar-refractivity contribution is 0.199. The quantitative estimate of drug-likeness (QED) is 0.853. The Labute approximate surface area is 99.8 Å². The molecular weight excluding hydrogens is 216 g/mol. The van der Waals surface area contributed by atoms with Crippen molar-refractivity contribution in [1.29, 1.82) is 0 Å². The van der Waals surface area contributed by atoms with E-state index in [1.54, 1.807) is 24.7 Å². The Morgan fingerprint density at radius 1 is 1.29 bits per heavy atom.